The lowest BCUT2D eigenvalue weighted by Gasteiger charge is -2.47. The molecular weight excluding hydrogens is 338 g/mol. The summed E-state index contributed by atoms with van der Waals surface area (Å²) in [6, 6.07) is 16.5. The van der Waals surface area contributed by atoms with Crippen molar-refractivity contribution in [3.05, 3.63) is 65.2 Å². The van der Waals surface area contributed by atoms with Gasteiger partial charge in [0.25, 0.3) is 5.91 Å². The molecule has 0 saturated carbocycles. The van der Waals surface area contributed by atoms with Crippen LogP contribution in [0, 0.1) is 0 Å². The Morgan fingerprint density at radius 2 is 2.00 bits per heavy atom. The number of methoxy groups -OCH3 is 1. The van der Waals surface area contributed by atoms with Crippen LogP contribution in [0.1, 0.15) is 42.6 Å². The molecule has 0 aromatic heterocycles. The molecule has 4 heteroatoms. The van der Waals surface area contributed by atoms with E-state index in [2.05, 4.69) is 36.1 Å². The molecular formula is C23H27NO3. The average Bonchev–Trinajstić information content (AvgIpc) is 2.71. The van der Waals surface area contributed by atoms with Gasteiger partial charge in [0.05, 0.1) is 13.2 Å². The van der Waals surface area contributed by atoms with E-state index >= 15 is 0 Å². The highest BCUT2D eigenvalue weighted by Gasteiger charge is 2.45. The van der Waals surface area contributed by atoms with Gasteiger partial charge in [-0.05, 0) is 48.1 Å². The molecule has 1 aliphatic heterocycles. The summed E-state index contributed by atoms with van der Waals surface area (Å²) in [4.78, 5) is 15.3. The lowest BCUT2D eigenvalue weighted by molar-refractivity contribution is -0.175. The number of carbonyl (C=O) groups excluding carboxylic acids is 1. The summed E-state index contributed by atoms with van der Waals surface area (Å²) in [5.41, 5.74) is 3.62. The van der Waals surface area contributed by atoms with Gasteiger partial charge in [0.2, 0.25) is 0 Å². The van der Waals surface area contributed by atoms with Crippen LogP contribution < -0.4 is 4.74 Å². The molecule has 2 aromatic carbocycles. The molecule has 0 N–H and O–H groups in total. The zero-order valence-corrected chi connectivity index (χ0v) is 16.1. The van der Waals surface area contributed by atoms with Gasteiger partial charge >= 0.3 is 0 Å². The zero-order chi connectivity index (χ0) is 18.8. The Kier molecular flexibility index (Phi) is 5.17. The zero-order valence-electron chi connectivity index (χ0n) is 16.1. The van der Waals surface area contributed by atoms with Gasteiger partial charge in [0, 0.05) is 13.0 Å². The highest BCUT2D eigenvalue weighted by atomic mass is 16.5. The van der Waals surface area contributed by atoms with E-state index in [1.165, 1.54) is 11.1 Å². The quantitative estimate of drug-likeness (QED) is 0.806. The van der Waals surface area contributed by atoms with Gasteiger partial charge in [-0.25, -0.2) is 0 Å². The van der Waals surface area contributed by atoms with Crippen LogP contribution in [0.2, 0.25) is 0 Å². The Morgan fingerprint density at radius 3 is 2.74 bits per heavy atom. The van der Waals surface area contributed by atoms with Crippen LogP contribution in [0.3, 0.4) is 0 Å². The number of fused-ring (bicyclic) bond motifs is 3. The number of morpholine rings is 1. The van der Waals surface area contributed by atoms with Crippen molar-refractivity contribution >= 4 is 5.91 Å². The minimum Gasteiger partial charge on any atom is -0.497 e. The molecule has 0 radical (unpaired) electrons. The summed E-state index contributed by atoms with van der Waals surface area (Å²) >= 11 is 0. The Hall–Kier alpha value is -2.33. The van der Waals surface area contributed by atoms with Crippen molar-refractivity contribution in [1.82, 2.24) is 4.90 Å². The van der Waals surface area contributed by atoms with E-state index in [9.17, 15) is 4.79 Å². The van der Waals surface area contributed by atoms with Crippen LogP contribution >= 0.6 is 0 Å². The molecule has 142 valence electrons. The average molecular weight is 365 g/mol. The number of aryl methyl sites for hydroxylation is 1. The van der Waals surface area contributed by atoms with Crippen LogP contribution in [-0.2, 0) is 22.4 Å². The lowest BCUT2D eigenvalue weighted by atomic mass is 9.83. The lowest BCUT2D eigenvalue weighted by Crippen LogP contribution is -2.57. The molecule has 1 fully saturated rings. The number of nitrogens with zero attached hydrogens (tertiary/aromatic N) is 1. The molecule has 2 aromatic rings. The second-order valence-corrected chi connectivity index (χ2v) is 7.44. The number of hydrogen-bond acceptors (Lipinski definition) is 3. The molecule has 3 atom stereocenters. The number of benzene rings is 2. The Labute approximate surface area is 161 Å². The van der Waals surface area contributed by atoms with Gasteiger partial charge in [-0.2, -0.15) is 0 Å². The summed E-state index contributed by atoms with van der Waals surface area (Å²) in [7, 11) is 1.69. The summed E-state index contributed by atoms with van der Waals surface area (Å²) in [6.07, 6.45) is 2.98. The van der Waals surface area contributed by atoms with Gasteiger partial charge < -0.3 is 14.4 Å². The van der Waals surface area contributed by atoms with Crippen molar-refractivity contribution in [2.75, 3.05) is 13.7 Å². The molecule has 0 bridgehead atoms. The third-order valence-electron chi connectivity index (χ3n) is 5.72. The number of amides is 1. The molecule has 27 heavy (non-hydrogen) atoms. The standard InChI is InChI=1S/C23H27NO3/c1-3-13-24-20-12-10-17-9-11-18(26-2)15-19(17)22(20)27-21(23(24)25)14-16-7-5-4-6-8-16/h4-9,11,15,20-22H,3,10,12-14H2,1-2H3/t20-,21?,22-/m1/s1. The first-order chi connectivity index (χ1) is 13.2. The molecule has 1 heterocycles. The summed E-state index contributed by atoms with van der Waals surface area (Å²) < 4.78 is 11.9. The van der Waals surface area contributed by atoms with Crippen molar-refractivity contribution < 1.29 is 14.3 Å². The van der Waals surface area contributed by atoms with E-state index in [-0.39, 0.29) is 18.1 Å². The summed E-state index contributed by atoms with van der Waals surface area (Å²) in [6.45, 7) is 2.91. The molecule has 1 unspecified atom stereocenters. The third kappa shape index (κ3) is 3.46. The largest absolute Gasteiger partial charge is 0.497 e. The molecule has 4 nitrogen and oxygen atoms in total. The van der Waals surface area contributed by atoms with Gasteiger partial charge in [0.15, 0.2) is 0 Å². The van der Waals surface area contributed by atoms with Gasteiger partial charge in [-0.3, -0.25) is 4.79 Å². The van der Waals surface area contributed by atoms with Gasteiger partial charge in [0.1, 0.15) is 18.0 Å². The Balaban J connectivity index is 1.68. The maximum absolute atomic E-state index is 13.2. The summed E-state index contributed by atoms with van der Waals surface area (Å²) in [5, 5.41) is 0. The van der Waals surface area contributed by atoms with Gasteiger partial charge in [-0.1, -0.05) is 43.3 Å². The van der Waals surface area contributed by atoms with E-state index in [0.717, 1.165) is 37.1 Å². The van der Waals surface area contributed by atoms with E-state index in [4.69, 9.17) is 9.47 Å². The molecule has 0 spiro atoms. The fraction of sp³-hybridized carbons (Fsp3) is 0.435. The molecule has 1 amide bonds. The molecule has 4 rings (SSSR count). The van der Waals surface area contributed by atoms with E-state index in [0.29, 0.717) is 6.42 Å². The van der Waals surface area contributed by atoms with Crippen LogP contribution in [0.15, 0.2) is 48.5 Å². The first-order valence-corrected chi connectivity index (χ1v) is 9.88. The number of carbonyl (C=O) groups is 1. The number of rotatable bonds is 5. The van der Waals surface area contributed by atoms with E-state index < -0.39 is 6.10 Å². The first kappa shape index (κ1) is 18.1. The predicted molar refractivity (Wildman–Crippen MR) is 105 cm³/mol. The topological polar surface area (TPSA) is 38.8 Å². The van der Waals surface area contributed by atoms with Crippen LogP contribution in [0.25, 0.3) is 0 Å². The van der Waals surface area contributed by atoms with Crippen LogP contribution in [-0.4, -0.2) is 36.6 Å². The van der Waals surface area contributed by atoms with Crippen molar-refractivity contribution in [1.29, 1.82) is 0 Å². The van der Waals surface area contributed by atoms with E-state index in [1.807, 2.05) is 24.3 Å². The van der Waals surface area contributed by atoms with Crippen molar-refractivity contribution in [2.45, 2.75) is 50.9 Å². The second kappa shape index (κ2) is 7.73. The number of hydrogen-bond donors (Lipinski definition) is 0. The maximum atomic E-state index is 13.2. The fourth-order valence-corrected chi connectivity index (χ4v) is 4.40. The SMILES string of the molecule is CCCN1C(=O)C(Cc2ccccc2)O[C@@H]2c3cc(OC)ccc3CC[C@H]21. The van der Waals surface area contributed by atoms with E-state index in [1.54, 1.807) is 7.11 Å². The minimum atomic E-state index is -0.433. The van der Waals surface area contributed by atoms with Crippen LogP contribution in [0.5, 0.6) is 5.75 Å². The number of ether oxygens (including phenoxy) is 2. The Bertz CT molecular complexity index is 805. The molecule has 1 aliphatic carbocycles. The fourth-order valence-electron chi connectivity index (χ4n) is 4.40. The van der Waals surface area contributed by atoms with Crippen molar-refractivity contribution in [3.63, 3.8) is 0 Å². The Morgan fingerprint density at radius 1 is 1.19 bits per heavy atom. The predicted octanol–water partition coefficient (Wildman–Crippen LogP) is 3.93. The van der Waals surface area contributed by atoms with Gasteiger partial charge in [-0.15, -0.1) is 0 Å². The summed E-state index contributed by atoms with van der Waals surface area (Å²) in [5.74, 6) is 0.977. The van der Waals surface area contributed by atoms with Crippen molar-refractivity contribution in [2.24, 2.45) is 0 Å². The molecule has 1 saturated heterocycles. The second-order valence-electron chi connectivity index (χ2n) is 7.44. The highest BCUT2D eigenvalue weighted by molar-refractivity contribution is 5.82. The van der Waals surface area contributed by atoms with Crippen LogP contribution in [0.4, 0.5) is 0 Å². The minimum absolute atomic E-state index is 0.0817. The maximum Gasteiger partial charge on any atom is 0.252 e. The first-order valence-electron chi connectivity index (χ1n) is 9.88. The monoisotopic (exact) mass is 365 g/mol. The highest BCUT2D eigenvalue weighted by Crippen LogP contribution is 2.41. The normalized spacial score (nSPS) is 24.3. The molecule has 2 aliphatic rings. The van der Waals surface area contributed by atoms with Crippen molar-refractivity contribution in [3.8, 4) is 5.75 Å². The smallest absolute Gasteiger partial charge is 0.252 e. The third-order valence-corrected chi connectivity index (χ3v) is 5.72.